The lowest BCUT2D eigenvalue weighted by Gasteiger charge is -2.26. The van der Waals surface area contributed by atoms with Gasteiger partial charge in [-0.15, -0.1) is 0 Å². The Bertz CT molecular complexity index is 1870. The van der Waals surface area contributed by atoms with E-state index in [1.54, 1.807) is 0 Å². The molecule has 0 aromatic rings. The maximum absolute atomic E-state index is 12.8. The molecule has 0 saturated carbocycles. The molecule has 0 N–H and O–H groups in total. The average molecular weight is 1030 g/mol. The molecule has 0 bridgehead atoms. The van der Waals surface area contributed by atoms with E-state index in [-0.39, 0.29) is 32.7 Å². The number of aliphatic carboxylic acids is 1. The van der Waals surface area contributed by atoms with Crippen molar-refractivity contribution in [2.24, 2.45) is 0 Å². The second-order valence-corrected chi connectivity index (χ2v) is 18.8. The lowest BCUT2D eigenvalue weighted by Crippen LogP contribution is -2.44. The Labute approximate surface area is 456 Å². The second kappa shape index (κ2) is 54.6. The highest BCUT2D eigenvalue weighted by Gasteiger charge is 2.21. The van der Waals surface area contributed by atoms with Gasteiger partial charge in [-0.3, -0.25) is 9.59 Å². The molecule has 9 heteroatoms. The molecule has 0 aliphatic heterocycles. The Kier molecular flexibility index (Phi) is 50.6. The predicted octanol–water partition coefficient (Wildman–Crippen LogP) is 15.2. The van der Waals surface area contributed by atoms with Gasteiger partial charge in [0.05, 0.1) is 40.3 Å². The van der Waals surface area contributed by atoms with Gasteiger partial charge in [0, 0.05) is 12.8 Å². The number of quaternary nitrogens is 1. The highest BCUT2D eigenvalue weighted by atomic mass is 16.7. The molecule has 0 spiro atoms. The van der Waals surface area contributed by atoms with Crippen molar-refractivity contribution in [3.63, 3.8) is 0 Å². The number of nitrogens with zero attached hydrogens (tertiary/aromatic N) is 1. The molecular weight excluding hydrogens is 935 g/mol. The summed E-state index contributed by atoms with van der Waals surface area (Å²) in [5, 5.41) is 11.8. The molecule has 2 atom stereocenters. The fraction of sp³-hybridized carbons (Fsp3) is 0.500. The third-order valence-corrected chi connectivity index (χ3v) is 10.6. The number of carboxylic acid groups (broad SMARTS) is 1. The normalized spacial score (nSPS) is 14.2. The topological polar surface area (TPSA) is 111 Å². The quantitative estimate of drug-likeness (QED) is 0.0195. The minimum Gasteiger partial charge on any atom is -0.545 e. The standard InChI is InChI=1S/C66H99NO8/c1-6-8-10-12-14-16-18-20-22-24-25-26-27-28-29-30-31-32-33-34-35-36-37-38-39-41-43-45-47-49-51-53-55-57-64(69)75-62(61-74-66(65(70)71)72-59-58-67(3,4)5)60-73-63(68)56-54-52-50-48-46-44-42-40-23-21-19-17-15-13-11-9-7-2/h8-11,14-17,20-23,25-26,28-29,31-32,34-35,37-38,41-44,47-50,62,66H,6-7,12-13,18-19,24,27,30,33,36,39-40,45-46,51-61H2,1-5H3/b10-8-,11-9-,16-14-,17-15-,22-20-,23-21-,26-25-,29-28-,32-31-,35-34-,38-37-,43-41-,44-42-,49-47-,50-48-. The number of carbonyl (C=O) groups excluding carboxylic acids is 3. The van der Waals surface area contributed by atoms with E-state index in [0.717, 1.165) is 116 Å². The molecule has 0 aromatic carbocycles. The summed E-state index contributed by atoms with van der Waals surface area (Å²) in [4.78, 5) is 37.2. The third-order valence-electron chi connectivity index (χ3n) is 10.6. The Morgan fingerprint density at radius 3 is 1.05 bits per heavy atom. The highest BCUT2D eigenvalue weighted by Crippen LogP contribution is 2.09. The first-order valence-corrected chi connectivity index (χ1v) is 27.9. The number of ether oxygens (including phenoxy) is 4. The van der Waals surface area contributed by atoms with E-state index in [0.29, 0.717) is 23.9 Å². The van der Waals surface area contributed by atoms with Gasteiger partial charge in [0.2, 0.25) is 0 Å². The molecule has 0 fully saturated rings. The molecule has 0 aliphatic carbocycles. The van der Waals surface area contributed by atoms with E-state index in [9.17, 15) is 19.5 Å². The molecule has 0 saturated heterocycles. The smallest absolute Gasteiger partial charge is 0.306 e. The number of esters is 2. The fourth-order valence-corrected chi connectivity index (χ4v) is 6.42. The Morgan fingerprint density at radius 2 is 0.720 bits per heavy atom. The molecule has 2 unspecified atom stereocenters. The van der Waals surface area contributed by atoms with Crippen molar-refractivity contribution in [3.05, 3.63) is 182 Å². The van der Waals surface area contributed by atoms with E-state index in [1.807, 2.05) is 27.2 Å². The Morgan fingerprint density at radius 1 is 0.400 bits per heavy atom. The lowest BCUT2D eigenvalue weighted by molar-refractivity contribution is -0.870. The van der Waals surface area contributed by atoms with Gasteiger partial charge in [0.25, 0.3) is 0 Å². The summed E-state index contributed by atoms with van der Waals surface area (Å²) in [6.07, 6.45) is 81.0. The number of carboxylic acids is 1. The van der Waals surface area contributed by atoms with Gasteiger partial charge in [-0.25, -0.2) is 0 Å². The average Bonchev–Trinajstić information content (AvgIpc) is 3.38. The first kappa shape index (κ1) is 69.4. The zero-order valence-corrected chi connectivity index (χ0v) is 47.1. The summed E-state index contributed by atoms with van der Waals surface area (Å²) in [7, 11) is 5.86. The molecular formula is C66H99NO8. The molecule has 0 rings (SSSR count). The molecule has 0 aliphatic rings. The minimum absolute atomic E-state index is 0.118. The summed E-state index contributed by atoms with van der Waals surface area (Å²) in [6, 6.07) is 0. The van der Waals surface area contributed by atoms with Crippen molar-refractivity contribution in [2.45, 2.75) is 167 Å². The van der Waals surface area contributed by atoms with Crippen LogP contribution < -0.4 is 5.11 Å². The number of allylic oxidation sites excluding steroid dienone is 30. The van der Waals surface area contributed by atoms with Gasteiger partial charge in [-0.05, 0) is 128 Å². The summed E-state index contributed by atoms with van der Waals surface area (Å²) >= 11 is 0. The Hall–Kier alpha value is -5.61. The van der Waals surface area contributed by atoms with Crippen LogP contribution in [0.15, 0.2) is 182 Å². The van der Waals surface area contributed by atoms with Gasteiger partial charge < -0.3 is 33.3 Å². The second-order valence-electron chi connectivity index (χ2n) is 18.8. The number of hydrogen-bond donors (Lipinski definition) is 0. The zero-order chi connectivity index (χ0) is 54.8. The number of carbonyl (C=O) groups is 3. The molecule has 0 aromatic heterocycles. The molecule has 0 radical (unpaired) electrons. The molecule has 75 heavy (non-hydrogen) atoms. The maximum atomic E-state index is 12.8. The van der Waals surface area contributed by atoms with E-state index < -0.39 is 30.3 Å². The van der Waals surface area contributed by atoms with Crippen LogP contribution in [0.3, 0.4) is 0 Å². The van der Waals surface area contributed by atoms with E-state index in [1.165, 1.54) is 0 Å². The maximum Gasteiger partial charge on any atom is 0.306 e. The van der Waals surface area contributed by atoms with Crippen LogP contribution in [0.2, 0.25) is 0 Å². The van der Waals surface area contributed by atoms with E-state index >= 15 is 0 Å². The van der Waals surface area contributed by atoms with Crippen molar-refractivity contribution in [3.8, 4) is 0 Å². The van der Waals surface area contributed by atoms with E-state index in [2.05, 4.69) is 190 Å². The predicted molar refractivity (Wildman–Crippen MR) is 314 cm³/mol. The van der Waals surface area contributed by atoms with Gasteiger partial charge in [-0.2, -0.15) is 0 Å². The van der Waals surface area contributed by atoms with Gasteiger partial charge in [-0.1, -0.05) is 196 Å². The number of likely N-dealkylation sites (N-methyl/N-ethyl adjacent to an activating group) is 1. The first-order valence-electron chi connectivity index (χ1n) is 27.9. The molecule has 9 nitrogen and oxygen atoms in total. The van der Waals surface area contributed by atoms with Gasteiger partial charge in [0.1, 0.15) is 13.2 Å². The van der Waals surface area contributed by atoms with Crippen molar-refractivity contribution in [1.82, 2.24) is 0 Å². The van der Waals surface area contributed by atoms with Crippen LogP contribution in [0.5, 0.6) is 0 Å². The summed E-state index contributed by atoms with van der Waals surface area (Å²) in [6.45, 7) is 4.35. The van der Waals surface area contributed by atoms with Crippen LogP contribution in [0.25, 0.3) is 0 Å². The van der Waals surface area contributed by atoms with Crippen molar-refractivity contribution < 1.29 is 42.9 Å². The van der Waals surface area contributed by atoms with Crippen molar-refractivity contribution in [1.29, 1.82) is 0 Å². The third kappa shape index (κ3) is 56.0. The summed E-state index contributed by atoms with van der Waals surface area (Å²) < 4.78 is 22.5. The van der Waals surface area contributed by atoms with Crippen LogP contribution in [0.1, 0.15) is 155 Å². The summed E-state index contributed by atoms with van der Waals surface area (Å²) in [5.41, 5.74) is 0. The SMILES string of the molecule is CC/C=C\C/C=C\C/C=C\C/C=C\C/C=C\C/C=C\C/C=C\C/C=C\C/C=C\C/C=C\CCCCC(=O)OC(COC(=O)CCC/C=C\C/C=C\C/C=C\C/C=C\C/C=C\CC)COC(OCC[N+](C)(C)C)C(=O)[O-]. The van der Waals surface area contributed by atoms with Crippen LogP contribution in [0, 0.1) is 0 Å². The van der Waals surface area contributed by atoms with Crippen molar-refractivity contribution >= 4 is 17.9 Å². The number of hydrogen-bond acceptors (Lipinski definition) is 8. The summed E-state index contributed by atoms with van der Waals surface area (Å²) in [5.74, 6) is -2.45. The lowest BCUT2D eigenvalue weighted by atomic mass is 10.2. The number of unbranched alkanes of at least 4 members (excludes halogenated alkanes) is 3. The van der Waals surface area contributed by atoms with Crippen LogP contribution in [0.4, 0.5) is 0 Å². The van der Waals surface area contributed by atoms with E-state index in [4.69, 9.17) is 18.9 Å². The van der Waals surface area contributed by atoms with Crippen LogP contribution in [-0.4, -0.2) is 82.3 Å². The van der Waals surface area contributed by atoms with Gasteiger partial charge in [0.15, 0.2) is 12.4 Å². The first-order chi connectivity index (χ1) is 36.6. The fourth-order valence-electron chi connectivity index (χ4n) is 6.42. The van der Waals surface area contributed by atoms with Crippen LogP contribution >= 0.6 is 0 Å². The largest absolute Gasteiger partial charge is 0.545 e. The molecule has 416 valence electrons. The zero-order valence-electron chi connectivity index (χ0n) is 47.1. The van der Waals surface area contributed by atoms with Crippen molar-refractivity contribution in [2.75, 3.05) is 47.5 Å². The molecule has 0 amide bonds. The van der Waals surface area contributed by atoms with Gasteiger partial charge >= 0.3 is 11.9 Å². The van der Waals surface area contributed by atoms with Crippen LogP contribution in [-0.2, 0) is 33.3 Å². The number of rotatable bonds is 48. The molecule has 0 heterocycles. The minimum atomic E-state index is -1.66. The highest BCUT2D eigenvalue weighted by molar-refractivity contribution is 5.70. The Balaban J connectivity index is 4.46. The monoisotopic (exact) mass is 1030 g/mol.